The minimum Gasteiger partial charge on any atom is -0.482 e. The van der Waals surface area contributed by atoms with Crippen molar-refractivity contribution in [1.82, 2.24) is 9.80 Å². The Hall–Kier alpha value is -3.30. The molecule has 0 spiro atoms. The maximum Gasteiger partial charge on any atom is 0.294 e. The van der Waals surface area contributed by atoms with E-state index >= 15 is 0 Å². The smallest absolute Gasteiger partial charge is 0.294 e. The van der Waals surface area contributed by atoms with Crippen LogP contribution in [0.2, 0.25) is 5.02 Å². The zero-order valence-corrected chi connectivity index (χ0v) is 19.7. The number of hydrogen-bond acceptors (Lipinski definition) is 6. The van der Waals surface area contributed by atoms with Crippen LogP contribution < -0.4 is 10.1 Å². The van der Waals surface area contributed by atoms with Gasteiger partial charge in [-0.25, -0.2) is 0 Å². The molecule has 2 aromatic carbocycles. The fourth-order valence-corrected chi connectivity index (χ4v) is 4.66. The molecule has 0 atom stereocenters. The molecular weight excluding hydrogens is 478 g/mol. The van der Waals surface area contributed by atoms with Crippen LogP contribution >= 0.6 is 23.4 Å². The lowest BCUT2D eigenvalue weighted by atomic mass is 10.2. The predicted octanol–water partition coefficient (Wildman–Crippen LogP) is 4.02. The summed E-state index contributed by atoms with van der Waals surface area (Å²) < 4.78 is 5.50. The lowest BCUT2D eigenvalue weighted by Gasteiger charge is -2.18. The molecule has 4 amide bonds. The molecule has 2 aliphatic heterocycles. The van der Waals surface area contributed by atoms with Crippen molar-refractivity contribution < 1.29 is 23.9 Å². The summed E-state index contributed by atoms with van der Waals surface area (Å²) in [6.45, 7) is 0.843. The fraction of sp³-hybridized carbons (Fsp3) is 0.250. The Kier molecular flexibility index (Phi) is 7.54. The van der Waals surface area contributed by atoms with Gasteiger partial charge in [0.15, 0.2) is 6.61 Å². The van der Waals surface area contributed by atoms with E-state index < -0.39 is 11.1 Å². The molecule has 34 heavy (non-hydrogen) atoms. The van der Waals surface area contributed by atoms with E-state index in [1.54, 1.807) is 41.3 Å². The van der Waals surface area contributed by atoms with Gasteiger partial charge in [0, 0.05) is 18.8 Å². The molecule has 8 nitrogen and oxygen atoms in total. The zero-order valence-electron chi connectivity index (χ0n) is 18.2. The number of rotatable bonds is 7. The minimum absolute atomic E-state index is 0.214. The van der Waals surface area contributed by atoms with Gasteiger partial charge in [0.2, 0.25) is 5.91 Å². The highest BCUT2D eigenvalue weighted by Gasteiger charge is 2.37. The number of amides is 4. The molecule has 2 aromatic rings. The second kappa shape index (κ2) is 10.8. The van der Waals surface area contributed by atoms with Gasteiger partial charge in [-0.15, -0.1) is 0 Å². The Morgan fingerprint density at radius 2 is 1.82 bits per heavy atom. The number of likely N-dealkylation sites (tertiary alicyclic amines) is 1. The van der Waals surface area contributed by atoms with E-state index in [-0.39, 0.29) is 34.9 Å². The molecule has 0 aliphatic carbocycles. The van der Waals surface area contributed by atoms with Gasteiger partial charge >= 0.3 is 0 Å². The Morgan fingerprint density at radius 1 is 1.09 bits per heavy atom. The molecule has 2 heterocycles. The fourth-order valence-electron chi connectivity index (χ4n) is 3.58. The first-order chi connectivity index (χ1) is 16.4. The van der Waals surface area contributed by atoms with Crippen molar-refractivity contribution in [1.29, 1.82) is 0 Å². The maximum absolute atomic E-state index is 12.7. The van der Waals surface area contributed by atoms with Crippen molar-refractivity contribution in [3.63, 3.8) is 0 Å². The number of hydrogen-bond donors (Lipinski definition) is 1. The van der Waals surface area contributed by atoms with Crippen LogP contribution in [-0.2, 0) is 14.4 Å². The van der Waals surface area contributed by atoms with E-state index in [1.807, 2.05) is 18.2 Å². The molecule has 0 aromatic heterocycles. The third-order valence-electron chi connectivity index (χ3n) is 5.30. The van der Waals surface area contributed by atoms with Crippen LogP contribution in [-0.4, -0.2) is 59.0 Å². The molecule has 4 rings (SSSR count). The number of carbonyl (C=O) groups excluding carboxylic acids is 4. The number of nitrogens with one attached hydrogen (secondary N) is 1. The Balaban J connectivity index is 1.36. The summed E-state index contributed by atoms with van der Waals surface area (Å²) in [4.78, 5) is 52.3. The van der Waals surface area contributed by atoms with Gasteiger partial charge in [0.05, 0.1) is 9.93 Å². The second-order valence-electron chi connectivity index (χ2n) is 7.75. The van der Waals surface area contributed by atoms with Gasteiger partial charge in [-0.3, -0.25) is 24.1 Å². The SMILES string of the molecule is O=C(COc1ccc(/C=C2\SC(=O)N(CC(=O)N3CCCC3)C2=O)cc1Cl)Nc1ccccc1. The molecule has 176 valence electrons. The quantitative estimate of drug-likeness (QED) is 0.578. The van der Waals surface area contributed by atoms with Gasteiger partial charge < -0.3 is 15.0 Å². The third-order valence-corrected chi connectivity index (χ3v) is 6.50. The summed E-state index contributed by atoms with van der Waals surface area (Å²) in [7, 11) is 0. The van der Waals surface area contributed by atoms with E-state index in [2.05, 4.69) is 5.32 Å². The molecule has 2 fully saturated rings. The number of anilines is 1. The van der Waals surface area contributed by atoms with Crippen molar-refractivity contribution in [2.45, 2.75) is 12.8 Å². The first-order valence-electron chi connectivity index (χ1n) is 10.7. The zero-order chi connectivity index (χ0) is 24.1. The minimum atomic E-state index is -0.503. The second-order valence-corrected chi connectivity index (χ2v) is 9.15. The molecule has 2 aliphatic rings. The van der Waals surface area contributed by atoms with E-state index in [0.717, 1.165) is 29.5 Å². The van der Waals surface area contributed by atoms with Crippen molar-refractivity contribution in [2.75, 3.05) is 31.6 Å². The molecule has 0 radical (unpaired) electrons. The van der Waals surface area contributed by atoms with Gasteiger partial charge in [-0.1, -0.05) is 35.9 Å². The molecule has 2 saturated heterocycles. The normalized spacial score (nSPS) is 16.9. The summed E-state index contributed by atoms with van der Waals surface area (Å²) >= 11 is 7.08. The summed E-state index contributed by atoms with van der Waals surface area (Å²) in [5.74, 6) is -0.742. The van der Waals surface area contributed by atoms with Crippen molar-refractivity contribution >= 4 is 58.1 Å². The average Bonchev–Trinajstić information content (AvgIpc) is 3.44. The van der Waals surface area contributed by atoms with Gasteiger partial charge in [0.1, 0.15) is 12.3 Å². The van der Waals surface area contributed by atoms with Crippen LogP contribution in [0.1, 0.15) is 18.4 Å². The maximum atomic E-state index is 12.7. The first-order valence-corrected chi connectivity index (χ1v) is 11.9. The lowest BCUT2D eigenvalue weighted by molar-refractivity contribution is -0.135. The van der Waals surface area contributed by atoms with Gasteiger partial charge in [-0.05, 0) is 60.5 Å². The predicted molar refractivity (Wildman–Crippen MR) is 131 cm³/mol. The van der Waals surface area contributed by atoms with Crippen LogP contribution in [0.5, 0.6) is 5.75 Å². The number of ether oxygens (including phenoxy) is 1. The van der Waals surface area contributed by atoms with Crippen molar-refractivity contribution in [3.8, 4) is 5.75 Å². The van der Waals surface area contributed by atoms with Crippen molar-refractivity contribution in [3.05, 3.63) is 64.0 Å². The number of halogens is 1. The van der Waals surface area contributed by atoms with Crippen molar-refractivity contribution in [2.24, 2.45) is 0 Å². The molecule has 1 N–H and O–H groups in total. The number of benzene rings is 2. The Labute approximate surface area is 205 Å². The number of para-hydroxylation sites is 1. The standard InChI is InChI=1S/C24H22ClN3O5S/c25-18-12-16(8-9-19(18)33-15-21(29)26-17-6-2-1-3-7-17)13-20-23(31)28(24(32)34-20)14-22(30)27-10-4-5-11-27/h1-3,6-9,12-13H,4-5,10-11,14-15H2,(H,26,29)/b20-13-. The first kappa shape index (κ1) is 23.8. The van der Waals surface area contributed by atoms with Crippen LogP contribution in [0.4, 0.5) is 10.5 Å². The van der Waals surface area contributed by atoms with Gasteiger partial charge in [-0.2, -0.15) is 0 Å². The molecule has 0 saturated carbocycles. The monoisotopic (exact) mass is 499 g/mol. The highest BCUT2D eigenvalue weighted by Crippen LogP contribution is 2.34. The summed E-state index contributed by atoms with van der Waals surface area (Å²) in [5, 5.41) is 2.50. The van der Waals surface area contributed by atoms with Gasteiger partial charge in [0.25, 0.3) is 17.1 Å². The lowest BCUT2D eigenvalue weighted by Crippen LogP contribution is -2.40. The van der Waals surface area contributed by atoms with E-state index in [4.69, 9.17) is 16.3 Å². The summed E-state index contributed by atoms with van der Waals surface area (Å²) in [6.07, 6.45) is 3.42. The Morgan fingerprint density at radius 3 is 2.53 bits per heavy atom. The largest absolute Gasteiger partial charge is 0.482 e. The van der Waals surface area contributed by atoms with Crippen LogP contribution in [0.3, 0.4) is 0 Å². The number of nitrogens with zero attached hydrogens (tertiary/aromatic N) is 2. The molecule has 0 unspecified atom stereocenters. The highest BCUT2D eigenvalue weighted by atomic mass is 35.5. The number of thioether (sulfide) groups is 1. The molecular formula is C24H22ClN3O5S. The van der Waals surface area contributed by atoms with Crippen LogP contribution in [0.15, 0.2) is 53.4 Å². The van der Waals surface area contributed by atoms with Crippen LogP contribution in [0, 0.1) is 0 Å². The molecule has 10 heteroatoms. The summed E-state index contributed by atoms with van der Waals surface area (Å²) in [5.41, 5.74) is 1.25. The van der Waals surface area contributed by atoms with Crippen LogP contribution in [0.25, 0.3) is 6.08 Å². The highest BCUT2D eigenvalue weighted by molar-refractivity contribution is 8.18. The third kappa shape index (κ3) is 5.78. The Bertz CT molecular complexity index is 1150. The average molecular weight is 500 g/mol. The van der Waals surface area contributed by atoms with E-state index in [9.17, 15) is 19.2 Å². The van der Waals surface area contributed by atoms with E-state index in [0.29, 0.717) is 30.1 Å². The number of imide groups is 1. The summed E-state index contributed by atoms with van der Waals surface area (Å²) in [6, 6.07) is 13.8. The van der Waals surface area contributed by atoms with E-state index in [1.165, 1.54) is 0 Å². The molecule has 0 bridgehead atoms. The number of carbonyl (C=O) groups is 4. The topological polar surface area (TPSA) is 96.0 Å².